The van der Waals surface area contributed by atoms with Crippen LogP contribution < -0.4 is 4.90 Å². The second kappa shape index (κ2) is 7.87. The van der Waals surface area contributed by atoms with Gasteiger partial charge in [0.15, 0.2) is 5.82 Å². The van der Waals surface area contributed by atoms with E-state index in [9.17, 15) is 9.18 Å². The van der Waals surface area contributed by atoms with E-state index >= 15 is 0 Å². The summed E-state index contributed by atoms with van der Waals surface area (Å²) in [5.74, 6) is 0.0229. The molecule has 116 valence electrons. The molecule has 1 fully saturated rings. The van der Waals surface area contributed by atoms with E-state index in [1.165, 1.54) is 12.4 Å². The smallest absolute Gasteiger partial charge is 0.305 e. The molecule has 2 heterocycles. The van der Waals surface area contributed by atoms with E-state index < -0.39 is 5.82 Å². The van der Waals surface area contributed by atoms with Crippen LogP contribution in [0.3, 0.4) is 0 Å². The number of halogens is 1. The molecule has 0 radical (unpaired) electrons. The normalized spacial score (nSPS) is 16.0. The zero-order valence-electron chi connectivity index (χ0n) is 12.3. The van der Waals surface area contributed by atoms with Crippen molar-refractivity contribution in [3.8, 4) is 0 Å². The first-order valence-corrected chi connectivity index (χ1v) is 7.29. The highest BCUT2D eigenvalue weighted by molar-refractivity contribution is 5.69. The SMILES string of the molecule is CCOC(=O)CCCN1CCN(c2ncc(F)cn2)CC1. The Morgan fingerprint density at radius 2 is 1.95 bits per heavy atom. The van der Waals surface area contributed by atoms with Gasteiger partial charge in [0.05, 0.1) is 19.0 Å². The van der Waals surface area contributed by atoms with Gasteiger partial charge >= 0.3 is 5.97 Å². The molecule has 0 unspecified atom stereocenters. The monoisotopic (exact) mass is 296 g/mol. The van der Waals surface area contributed by atoms with E-state index in [1.807, 2.05) is 11.8 Å². The predicted molar refractivity (Wildman–Crippen MR) is 76.5 cm³/mol. The summed E-state index contributed by atoms with van der Waals surface area (Å²) in [7, 11) is 0. The Bertz CT molecular complexity index is 447. The second-order valence-electron chi connectivity index (χ2n) is 4.94. The molecule has 0 amide bonds. The number of piperazine rings is 1. The lowest BCUT2D eigenvalue weighted by molar-refractivity contribution is -0.143. The molecule has 1 aromatic heterocycles. The van der Waals surface area contributed by atoms with Crippen LogP contribution in [0.15, 0.2) is 12.4 Å². The van der Waals surface area contributed by atoms with E-state index in [-0.39, 0.29) is 5.97 Å². The highest BCUT2D eigenvalue weighted by Gasteiger charge is 2.18. The van der Waals surface area contributed by atoms with Crippen molar-refractivity contribution in [2.75, 3.05) is 44.2 Å². The first-order chi connectivity index (χ1) is 10.2. The minimum Gasteiger partial charge on any atom is -0.466 e. The van der Waals surface area contributed by atoms with Crippen LogP contribution >= 0.6 is 0 Å². The van der Waals surface area contributed by atoms with E-state index in [4.69, 9.17) is 4.74 Å². The largest absolute Gasteiger partial charge is 0.466 e. The lowest BCUT2D eigenvalue weighted by Crippen LogP contribution is -2.47. The third-order valence-electron chi connectivity index (χ3n) is 3.42. The van der Waals surface area contributed by atoms with Gasteiger partial charge in [-0.05, 0) is 19.9 Å². The molecule has 0 saturated carbocycles. The molecule has 0 atom stereocenters. The molecule has 0 aliphatic carbocycles. The van der Waals surface area contributed by atoms with Gasteiger partial charge in [0, 0.05) is 32.6 Å². The first kappa shape index (κ1) is 15.6. The van der Waals surface area contributed by atoms with Crippen molar-refractivity contribution in [1.29, 1.82) is 0 Å². The van der Waals surface area contributed by atoms with Gasteiger partial charge in [-0.2, -0.15) is 0 Å². The fourth-order valence-corrected chi connectivity index (χ4v) is 2.32. The Morgan fingerprint density at radius 3 is 2.57 bits per heavy atom. The van der Waals surface area contributed by atoms with E-state index in [1.54, 1.807) is 0 Å². The van der Waals surface area contributed by atoms with Crippen molar-refractivity contribution < 1.29 is 13.9 Å². The Labute approximate surface area is 123 Å². The summed E-state index contributed by atoms with van der Waals surface area (Å²) >= 11 is 0. The quantitative estimate of drug-likeness (QED) is 0.732. The van der Waals surface area contributed by atoms with Gasteiger partial charge in [-0.1, -0.05) is 0 Å². The molecule has 2 rings (SSSR count). The van der Waals surface area contributed by atoms with E-state index in [2.05, 4.69) is 14.9 Å². The average molecular weight is 296 g/mol. The molecule has 1 aromatic rings. The van der Waals surface area contributed by atoms with E-state index in [0.717, 1.165) is 39.1 Å². The van der Waals surface area contributed by atoms with Crippen LogP contribution in [-0.4, -0.2) is 60.2 Å². The van der Waals surface area contributed by atoms with Crippen molar-refractivity contribution in [1.82, 2.24) is 14.9 Å². The first-order valence-electron chi connectivity index (χ1n) is 7.29. The molecular formula is C14H21FN4O2. The van der Waals surface area contributed by atoms with Crippen molar-refractivity contribution in [2.45, 2.75) is 19.8 Å². The van der Waals surface area contributed by atoms with Crippen LogP contribution in [0.25, 0.3) is 0 Å². The Balaban J connectivity index is 1.68. The van der Waals surface area contributed by atoms with Crippen LogP contribution in [0.4, 0.5) is 10.3 Å². The van der Waals surface area contributed by atoms with Gasteiger partial charge < -0.3 is 9.64 Å². The summed E-state index contributed by atoms with van der Waals surface area (Å²) in [5, 5.41) is 0. The fourth-order valence-electron chi connectivity index (χ4n) is 2.32. The van der Waals surface area contributed by atoms with Gasteiger partial charge in [0.2, 0.25) is 5.95 Å². The van der Waals surface area contributed by atoms with Crippen molar-refractivity contribution in [2.24, 2.45) is 0 Å². The van der Waals surface area contributed by atoms with Gasteiger partial charge in [0.1, 0.15) is 0 Å². The fraction of sp³-hybridized carbons (Fsp3) is 0.643. The van der Waals surface area contributed by atoms with Crippen molar-refractivity contribution >= 4 is 11.9 Å². The lowest BCUT2D eigenvalue weighted by atomic mass is 10.2. The molecular weight excluding hydrogens is 275 g/mol. The minimum absolute atomic E-state index is 0.129. The number of ether oxygens (including phenoxy) is 1. The average Bonchev–Trinajstić information content (AvgIpc) is 2.49. The summed E-state index contributed by atoms with van der Waals surface area (Å²) in [6, 6.07) is 0. The highest BCUT2D eigenvalue weighted by Crippen LogP contribution is 2.11. The highest BCUT2D eigenvalue weighted by atomic mass is 19.1. The number of nitrogens with zero attached hydrogens (tertiary/aromatic N) is 4. The van der Waals surface area contributed by atoms with Crippen LogP contribution in [0.5, 0.6) is 0 Å². The molecule has 0 aromatic carbocycles. The summed E-state index contributed by atoms with van der Waals surface area (Å²) in [6.07, 6.45) is 3.66. The van der Waals surface area contributed by atoms with Gasteiger partial charge in [-0.25, -0.2) is 14.4 Å². The van der Waals surface area contributed by atoms with Crippen molar-refractivity contribution in [3.05, 3.63) is 18.2 Å². The summed E-state index contributed by atoms with van der Waals surface area (Å²) < 4.78 is 17.7. The molecule has 0 N–H and O–H groups in total. The Kier molecular flexibility index (Phi) is 5.86. The van der Waals surface area contributed by atoms with E-state index in [0.29, 0.717) is 19.0 Å². The van der Waals surface area contributed by atoms with Gasteiger partial charge in [-0.15, -0.1) is 0 Å². The number of anilines is 1. The summed E-state index contributed by atoms with van der Waals surface area (Å²) in [6.45, 7) is 6.55. The molecule has 1 saturated heterocycles. The number of carbonyl (C=O) groups is 1. The molecule has 0 spiro atoms. The number of hydrogen-bond acceptors (Lipinski definition) is 6. The summed E-state index contributed by atoms with van der Waals surface area (Å²) in [4.78, 5) is 23.6. The van der Waals surface area contributed by atoms with Crippen LogP contribution in [-0.2, 0) is 9.53 Å². The minimum atomic E-state index is -0.420. The second-order valence-corrected chi connectivity index (χ2v) is 4.94. The Morgan fingerprint density at radius 1 is 1.29 bits per heavy atom. The standard InChI is InChI=1S/C14H21FN4O2/c1-2-21-13(20)4-3-5-18-6-8-19(9-7-18)14-16-10-12(15)11-17-14/h10-11H,2-9H2,1H3. The topological polar surface area (TPSA) is 58.6 Å². The number of hydrogen-bond donors (Lipinski definition) is 0. The molecule has 1 aliphatic rings. The number of aromatic nitrogens is 2. The lowest BCUT2D eigenvalue weighted by Gasteiger charge is -2.34. The van der Waals surface area contributed by atoms with Gasteiger partial charge in [0.25, 0.3) is 0 Å². The van der Waals surface area contributed by atoms with Crippen LogP contribution in [0.2, 0.25) is 0 Å². The molecule has 0 bridgehead atoms. The maximum atomic E-state index is 12.8. The predicted octanol–water partition coefficient (Wildman–Crippen LogP) is 1.08. The third-order valence-corrected chi connectivity index (χ3v) is 3.42. The zero-order valence-corrected chi connectivity index (χ0v) is 12.3. The maximum Gasteiger partial charge on any atom is 0.305 e. The molecule has 7 heteroatoms. The number of rotatable bonds is 6. The maximum absolute atomic E-state index is 12.8. The van der Waals surface area contributed by atoms with Gasteiger partial charge in [-0.3, -0.25) is 9.69 Å². The molecule has 1 aliphatic heterocycles. The third kappa shape index (κ3) is 4.93. The zero-order chi connectivity index (χ0) is 15.1. The number of esters is 1. The number of carbonyl (C=O) groups excluding carboxylic acids is 1. The van der Waals surface area contributed by atoms with Crippen molar-refractivity contribution in [3.63, 3.8) is 0 Å². The molecule has 6 nitrogen and oxygen atoms in total. The van der Waals surface area contributed by atoms with Crippen LogP contribution in [0.1, 0.15) is 19.8 Å². The van der Waals surface area contributed by atoms with Crippen LogP contribution in [0, 0.1) is 5.82 Å². The Hall–Kier alpha value is -1.76. The molecule has 21 heavy (non-hydrogen) atoms. The summed E-state index contributed by atoms with van der Waals surface area (Å²) in [5.41, 5.74) is 0.